The van der Waals surface area contributed by atoms with Crippen molar-refractivity contribution in [2.45, 2.75) is 83.7 Å². The van der Waals surface area contributed by atoms with Gasteiger partial charge in [-0.05, 0) is 62.7 Å². The lowest BCUT2D eigenvalue weighted by Crippen LogP contribution is -2.47. The number of amidine groups is 1. The van der Waals surface area contributed by atoms with E-state index < -0.39 is 0 Å². The fraction of sp³-hybridized carbons (Fsp3) is 0.944. The molecule has 3 saturated carbocycles. The molecule has 2 nitrogen and oxygen atoms in total. The number of hydrogen-bond acceptors (Lipinski definition) is 2. The van der Waals surface area contributed by atoms with Gasteiger partial charge < -0.3 is 5.32 Å². The van der Waals surface area contributed by atoms with Crippen LogP contribution < -0.4 is 5.32 Å². The first kappa shape index (κ1) is 13.2. The lowest BCUT2D eigenvalue weighted by atomic mass is 9.59. The molecule has 1 aliphatic heterocycles. The van der Waals surface area contributed by atoms with Crippen LogP contribution in [-0.2, 0) is 0 Å². The average molecular weight is 274 g/mol. The average Bonchev–Trinajstić information content (AvgIpc) is 2.81. The maximum atomic E-state index is 5.16. The normalized spacial score (nSPS) is 51.1. The molecule has 3 fully saturated rings. The Kier molecular flexibility index (Phi) is 3.12. The molecule has 4 aliphatic rings. The topological polar surface area (TPSA) is 24.4 Å². The molecule has 0 spiro atoms. The monoisotopic (exact) mass is 274 g/mol. The van der Waals surface area contributed by atoms with E-state index in [1.165, 1.54) is 63.6 Å². The molecule has 0 aromatic carbocycles. The first-order chi connectivity index (χ1) is 9.62. The molecule has 1 N–H and O–H groups in total. The first-order valence-corrected chi connectivity index (χ1v) is 8.97. The molecule has 0 saturated heterocycles. The lowest BCUT2D eigenvalue weighted by Gasteiger charge is -2.47. The zero-order valence-electron chi connectivity index (χ0n) is 13.2. The van der Waals surface area contributed by atoms with Crippen LogP contribution in [0.15, 0.2) is 4.99 Å². The van der Waals surface area contributed by atoms with Crippen LogP contribution in [-0.4, -0.2) is 17.9 Å². The largest absolute Gasteiger partial charge is 0.368 e. The van der Waals surface area contributed by atoms with E-state index in [0.29, 0.717) is 17.5 Å². The van der Waals surface area contributed by atoms with Gasteiger partial charge in [0.25, 0.3) is 0 Å². The molecule has 4 atom stereocenters. The summed E-state index contributed by atoms with van der Waals surface area (Å²) in [7, 11) is 0. The molecule has 4 rings (SSSR count). The summed E-state index contributed by atoms with van der Waals surface area (Å²) in [4.78, 5) is 5.16. The molecule has 20 heavy (non-hydrogen) atoms. The Balaban J connectivity index is 1.53. The maximum absolute atomic E-state index is 5.16. The summed E-state index contributed by atoms with van der Waals surface area (Å²) in [6, 6.07) is 1.28. The Hall–Kier alpha value is -0.530. The van der Waals surface area contributed by atoms with Crippen molar-refractivity contribution in [1.29, 1.82) is 0 Å². The zero-order valence-corrected chi connectivity index (χ0v) is 13.2. The van der Waals surface area contributed by atoms with E-state index in [0.717, 1.165) is 17.8 Å². The van der Waals surface area contributed by atoms with E-state index in [-0.39, 0.29) is 0 Å². The third-order valence-electron chi connectivity index (χ3n) is 6.53. The minimum absolute atomic E-state index is 0.366. The molecular formula is C18H30N2. The molecule has 4 unspecified atom stereocenters. The highest BCUT2D eigenvalue weighted by atomic mass is 15.1. The van der Waals surface area contributed by atoms with Crippen LogP contribution in [0.3, 0.4) is 0 Å². The summed E-state index contributed by atoms with van der Waals surface area (Å²) in [6.45, 7) is 4.97. The fourth-order valence-electron chi connectivity index (χ4n) is 5.93. The van der Waals surface area contributed by atoms with Crippen LogP contribution in [0.25, 0.3) is 0 Å². The molecule has 0 aromatic rings. The Bertz CT molecular complexity index is 396. The van der Waals surface area contributed by atoms with Gasteiger partial charge in [0.05, 0.1) is 6.04 Å². The number of rotatable bonds is 1. The van der Waals surface area contributed by atoms with Crippen LogP contribution in [0.2, 0.25) is 0 Å². The molecule has 3 aliphatic carbocycles. The molecule has 2 bridgehead atoms. The second kappa shape index (κ2) is 4.74. The predicted molar refractivity (Wildman–Crippen MR) is 84.0 cm³/mol. The number of aliphatic imine (C=N–C) groups is 1. The van der Waals surface area contributed by atoms with E-state index >= 15 is 0 Å². The van der Waals surface area contributed by atoms with Crippen LogP contribution in [0.5, 0.6) is 0 Å². The van der Waals surface area contributed by atoms with Crippen molar-refractivity contribution in [3.05, 3.63) is 0 Å². The van der Waals surface area contributed by atoms with Gasteiger partial charge in [0.15, 0.2) is 0 Å². The van der Waals surface area contributed by atoms with Crippen molar-refractivity contribution in [2.24, 2.45) is 28.2 Å². The number of hydrogen-bond donors (Lipinski definition) is 1. The van der Waals surface area contributed by atoms with Gasteiger partial charge in [0, 0.05) is 11.5 Å². The van der Waals surface area contributed by atoms with Crippen LogP contribution in [0, 0.1) is 23.2 Å². The standard InChI is InChI=1S/C18H30N2/c1-12-7-13-9-14(8-12)11-18(2,10-13)17-19-15-5-3-4-6-16(15)20-17/h12-16H,3-11H2,1-2H3,(H,19,20). The van der Waals surface area contributed by atoms with Gasteiger partial charge in [-0.3, -0.25) is 4.99 Å². The third-order valence-corrected chi connectivity index (χ3v) is 6.53. The Morgan fingerprint density at radius 2 is 1.75 bits per heavy atom. The van der Waals surface area contributed by atoms with E-state index in [1.807, 2.05) is 0 Å². The van der Waals surface area contributed by atoms with E-state index in [1.54, 1.807) is 0 Å². The SMILES string of the molecule is CC1CC2CC(C1)CC(C)(C1=NC3CCCCC3N1)C2. The molecule has 112 valence electrons. The van der Waals surface area contributed by atoms with Crippen molar-refractivity contribution >= 4 is 5.84 Å². The lowest BCUT2D eigenvalue weighted by molar-refractivity contribution is 0.0831. The van der Waals surface area contributed by atoms with Crippen molar-refractivity contribution in [1.82, 2.24) is 5.32 Å². The molecule has 0 aromatic heterocycles. The summed E-state index contributed by atoms with van der Waals surface area (Å²) in [5.74, 6) is 4.30. The van der Waals surface area contributed by atoms with Gasteiger partial charge in [-0.15, -0.1) is 0 Å². The summed E-state index contributed by atoms with van der Waals surface area (Å²) in [5, 5.41) is 3.85. The summed E-state index contributed by atoms with van der Waals surface area (Å²) < 4.78 is 0. The van der Waals surface area contributed by atoms with E-state index in [9.17, 15) is 0 Å². The molecule has 2 heteroatoms. The minimum Gasteiger partial charge on any atom is -0.368 e. The summed E-state index contributed by atoms with van der Waals surface area (Å²) in [5.41, 5.74) is 0.366. The molecule has 0 radical (unpaired) electrons. The van der Waals surface area contributed by atoms with Gasteiger partial charge in [-0.2, -0.15) is 0 Å². The van der Waals surface area contributed by atoms with Gasteiger partial charge in [-0.1, -0.05) is 26.7 Å². The highest BCUT2D eigenvalue weighted by molar-refractivity contribution is 5.90. The van der Waals surface area contributed by atoms with Gasteiger partial charge in [0.1, 0.15) is 5.84 Å². The highest BCUT2D eigenvalue weighted by Gasteiger charge is 2.46. The maximum Gasteiger partial charge on any atom is 0.103 e. The van der Waals surface area contributed by atoms with Crippen molar-refractivity contribution in [3.63, 3.8) is 0 Å². The summed E-state index contributed by atoms with van der Waals surface area (Å²) >= 11 is 0. The van der Waals surface area contributed by atoms with Gasteiger partial charge in [-0.25, -0.2) is 0 Å². The number of fused-ring (bicyclic) bond motifs is 3. The number of nitrogens with one attached hydrogen (secondary N) is 1. The van der Waals surface area contributed by atoms with Crippen molar-refractivity contribution < 1.29 is 0 Å². The molecule has 0 amide bonds. The molecule has 1 heterocycles. The Labute approximate surface area is 123 Å². The summed E-state index contributed by atoms with van der Waals surface area (Å²) in [6.07, 6.45) is 12.7. The van der Waals surface area contributed by atoms with E-state index in [2.05, 4.69) is 19.2 Å². The third kappa shape index (κ3) is 2.19. The van der Waals surface area contributed by atoms with E-state index in [4.69, 9.17) is 4.99 Å². The first-order valence-electron chi connectivity index (χ1n) is 8.97. The van der Waals surface area contributed by atoms with Gasteiger partial charge >= 0.3 is 0 Å². The van der Waals surface area contributed by atoms with Crippen molar-refractivity contribution in [3.8, 4) is 0 Å². The predicted octanol–water partition coefficient (Wildman–Crippen LogP) is 4.15. The minimum atomic E-state index is 0.366. The van der Waals surface area contributed by atoms with Gasteiger partial charge in [0.2, 0.25) is 0 Å². The Morgan fingerprint density at radius 3 is 2.45 bits per heavy atom. The van der Waals surface area contributed by atoms with Crippen LogP contribution >= 0.6 is 0 Å². The highest BCUT2D eigenvalue weighted by Crippen LogP contribution is 2.51. The zero-order chi connectivity index (χ0) is 13.7. The van der Waals surface area contributed by atoms with Crippen molar-refractivity contribution in [2.75, 3.05) is 0 Å². The number of nitrogens with zero attached hydrogens (tertiary/aromatic N) is 1. The van der Waals surface area contributed by atoms with Crippen LogP contribution in [0.4, 0.5) is 0 Å². The van der Waals surface area contributed by atoms with Crippen LogP contribution in [0.1, 0.15) is 71.6 Å². The molecular weight excluding hydrogens is 244 g/mol. The fourth-order valence-corrected chi connectivity index (χ4v) is 5.93. The quantitative estimate of drug-likeness (QED) is 0.763. The smallest absolute Gasteiger partial charge is 0.103 e. The Morgan fingerprint density at radius 1 is 1.05 bits per heavy atom. The second-order valence-electron chi connectivity index (χ2n) is 8.59. The second-order valence-corrected chi connectivity index (χ2v) is 8.59.